The normalized spacial score (nSPS) is 10.1. The highest BCUT2D eigenvalue weighted by Crippen LogP contribution is 2.18. The van der Waals surface area contributed by atoms with Gasteiger partial charge in [0.15, 0.2) is 6.61 Å². The third-order valence-electron chi connectivity index (χ3n) is 3.96. The molecule has 0 fully saturated rings. The molecule has 0 saturated carbocycles. The molecule has 3 amide bonds. The van der Waals surface area contributed by atoms with Crippen molar-refractivity contribution in [3.8, 4) is 11.5 Å². The molecule has 0 heterocycles. The average Bonchev–Trinajstić information content (AvgIpc) is 2.70. The molecule has 0 bridgehead atoms. The van der Waals surface area contributed by atoms with Gasteiger partial charge in [-0.15, -0.1) is 0 Å². The minimum absolute atomic E-state index is 0.0325. The monoisotopic (exact) mass is 414 g/mol. The van der Waals surface area contributed by atoms with Gasteiger partial charge in [0.05, 0.1) is 19.6 Å². The lowest BCUT2D eigenvalue weighted by atomic mass is 10.1. The Morgan fingerprint density at radius 1 is 0.933 bits per heavy atom. The van der Waals surface area contributed by atoms with E-state index >= 15 is 0 Å². The largest absolute Gasteiger partial charge is 0.494 e. The van der Waals surface area contributed by atoms with Crippen molar-refractivity contribution < 1.29 is 28.6 Å². The zero-order valence-corrected chi connectivity index (χ0v) is 17.3. The van der Waals surface area contributed by atoms with E-state index in [0.29, 0.717) is 18.0 Å². The molecule has 0 aliphatic carbocycles. The molecule has 0 saturated heterocycles. The van der Waals surface area contributed by atoms with Crippen LogP contribution < -0.4 is 20.1 Å². The van der Waals surface area contributed by atoms with Crippen molar-refractivity contribution in [2.24, 2.45) is 0 Å². The summed E-state index contributed by atoms with van der Waals surface area (Å²) in [6, 6.07) is 11.8. The number of aryl methyl sites for hydroxylation is 2. The van der Waals surface area contributed by atoms with Crippen molar-refractivity contribution in [2.75, 3.05) is 25.1 Å². The molecule has 0 atom stereocenters. The van der Waals surface area contributed by atoms with Crippen LogP contribution in [-0.4, -0.2) is 37.7 Å². The Kier molecular flexibility index (Phi) is 8.68. The molecular weight excluding hydrogens is 388 g/mol. The first kappa shape index (κ1) is 22.7. The summed E-state index contributed by atoms with van der Waals surface area (Å²) in [4.78, 5) is 35.4. The molecule has 2 rings (SSSR count). The van der Waals surface area contributed by atoms with Crippen molar-refractivity contribution in [2.45, 2.75) is 27.2 Å². The van der Waals surface area contributed by atoms with Crippen LogP contribution in [0, 0.1) is 13.8 Å². The lowest BCUT2D eigenvalue weighted by Crippen LogP contribution is -2.37. The van der Waals surface area contributed by atoms with Crippen LogP contribution in [0.4, 0.5) is 10.5 Å². The van der Waals surface area contributed by atoms with Gasteiger partial charge in [0.1, 0.15) is 11.5 Å². The van der Waals surface area contributed by atoms with Gasteiger partial charge in [-0.2, -0.15) is 0 Å². The van der Waals surface area contributed by atoms with E-state index < -0.39 is 24.5 Å². The van der Waals surface area contributed by atoms with Crippen LogP contribution in [0.3, 0.4) is 0 Å². The molecular formula is C22H26N2O6. The Morgan fingerprint density at radius 2 is 1.60 bits per heavy atom. The second-order valence-corrected chi connectivity index (χ2v) is 6.48. The number of hydrogen-bond donors (Lipinski definition) is 2. The molecule has 160 valence electrons. The molecule has 0 aliphatic heterocycles. The first-order valence-corrected chi connectivity index (χ1v) is 9.56. The van der Waals surface area contributed by atoms with Crippen LogP contribution in [-0.2, 0) is 14.3 Å². The van der Waals surface area contributed by atoms with Crippen LogP contribution in [0.25, 0.3) is 0 Å². The Bertz CT molecular complexity index is 880. The quantitative estimate of drug-likeness (QED) is 0.610. The third kappa shape index (κ3) is 7.83. The summed E-state index contributed by atoms with van der Waals surface area (Å²) < 4.78 is 15.6. The number of anilines is 1. The van der Waals surface area contributed by atoms with Gasteiger partial charge in [-0.05, 0) is 56.7 Å². The number of rotatable bonds is 9. The molecule has 8 nitrogen and oxygen atoms in total. The zero-order chi connectivity index (χ0) is 21.9. The number of carbonyl (C=O) groups excluding carboxylic acids is 3. The number of nitrogens with one attached hydrogen (secondary N) is 2. The molecule has 0 spiro atoms. The van der Waals surface area contributed by atoms with Crippen LogP contribution in [0.2, 0.25) is 0 Å². The number of carbonyl (C=O) groups is 3. The Balaban J connectivity index is 1.65. The predicted molar refractivity (Wildman–Crippen MR) is 112 cm³/mol. The summed E-state index contributed by atoms with van der Waals surface area (Å²) in [5.41, 5.74) is 2.53. The van der Waals surface area contributed by atoms with E-state index in [9.17, 15) is 14.4 Å². The number of hydrogen-bond acceptors (Lipinski definition) is 6. The van der Waals surface area contributed by atoms with Crippen LogP contribution >= 0.6 is 0 Å². The van der Waals surface area contributed by atoms with E-state index in [4.69, 9.17) is 14.2 Å². The fourth-order valence-corrected chi connectivity index (χ4v) is 2.54. The fraction of sp³-hybridized carbons (Fsp3) is 0.318. The number of imide groups is 1. The number of benzene rings is 2. The summed E-state index contributed by atoms with van der Waals surface area (Å²) in [6.45, 7) is 5.81. The number of esters is 1. The van der Waals surface area contributed by atoms with Gasteiger partial charge in [0.2, 0.25) is 0 Å². The Morgan fingerprint density at radius 3 is 2.23 bits per heavy atom. The number of amides is 3. The summed E-state index contributed by atoms with van der Waals surface area (Å²) in [5, 5.41) is 4.69. The van der Waals surface area contributed by atoms with Gasteiger partial charge in [-0.25, -0.2) is 4.79 Å². The fourth-order valence-electron chi connectivity index (χ4n) is 2.54. The number of urea groups is 1. The van der Waals surface area contributed by atoms with Gasteiger partial charge in [-0.1, -0.05) is 17.7 Å². The third-order valence-corrected chi connectivity index (χ3v) is 3.96. The van der Waals surface area contributed by atoms with Gasteiger partial charge in [0, 0.05) is 5.69 Å². The SMILES string of the molecule is CCOc1ccc(OCCC(=O)OCC(=O)NC(=O)Nc2ccc(C)cc2C)cc1. The highest BCUT2D eigenvalue weighted by molar-refractivity contribution is 6.02. The minimum Gasteiger partial charge on any atom is -0.494 e. The molecule has 0 aromatic heterocycles. The van der Waals surface area contributed by atoms with Gasteiger partial charge < -0.3 is 19.5 Å². The van der Waals surface area contributed by atoms with Crippen molar-refractivity contribution in [3.63, 3.8) is 0 Å². The highest BCUT2D eigenvalue weighted by atomic mass is 16.5. The summed E-state index contributed by atoms with van der Waals surface area (Å²) in [6.07, 6.45) is -0.0325. The van der Waals surface area contributed by atoms with Gasteiger partial charge in [-0.3, -0.25) is 14.9 Å². The predicted octanol–water partition coefficient (Wildman–Crippen LogP) is 3.36. The zero-order valence-electron chi connectivity index (χ0n) is 17.3. The molecule has 2 aromatic carbocycles. The Labute approximate surface area is 175 Å². The molecule has 0 radical (unpaired) electrons. The van der Waals surface area contributed by atoms with E-state index in [0.717, 1.165) is 16.9 Å². The van der Waals surface area contributed by atoms with Gasteiger partial charge >= 0.3 is 12.0 Å². The molecule has 8 heteroatoms. The van der Waals surface area contributed by atoms with Crippen LogP contribution in [0.15, 0.2) is 42.5 Å². The van der Waals surface area contributed by atoms with E-state index in [1.807, 2.05) is 32.9 Å². The molecule has 0 unspecified atom stereocenters. The molecule has 2 N–H and O–H groups in total. The second-order valence-electron chi connectivity index (χ2n) is 6.48. The van der Waals surface area contributed by atoms with E-state index in [1.165, 1.54) is 0 Å². The summed E-state index contributed by atoms with van der Waals surface area (Å²) in [5.74, 6) is -0.00664. The van der Waals surface area contributed by atoms with E-state index in [1.54, 1.807) is 30.3 Å². The van der Waals surface area contributed by atoms with E-state index in [2.05, 4.69) is 10.6 Å². The topological polar surface area (TPSA) is 103 Å². The van der Waals surface area contributed by atoms with Crippen molar-refractivity contribution in [3.05, 3.63) is 53.6 Å². The minimum atomic E-state index is -0.724. The maximum Gasteiger partial charge on any atom is 0.325 e. The first-order chi connectivity index (χ1) is 14.4. The summed E-state index contributed by atoms with van der Waals surface area (Å²) in [7, 11) is 0. The summed E-state index contributed by atoms with van der Waals surface area (Å²) >= 11 is 0. The lowest BCUT2D eigenvalue weighted by Gasteiger charge is -2.10. The second kappa shape index (κ2) is 11.5. The van der Waals surface area contributed by atoms with Crippen LogP contribution in [0.5, 0.6) is 11.5 Å². The Hall–Kier alpha value is -3.55. The van der Waals surface area contributed by atoms with E-state index in [-0.39, 0.29) is 13.0 Å². The average molecular weight is 414 g/mol. The molecule has 0 aliphatic rings. The van der Waals surface area contributed by atoms with Crippen molar-refractivity contribution >= 4 is 23.6 Å². The maximum atomic E-state index is 11.9. The van der Waals surface area contributed by atoms with Crippen LogP contribution in [0.1, 0.15) is 24.5 Å². The maximum absolute atomic E-state index is 11.9. The van der Waals surface area contributed by atoms with Crippen molar-refractivity contribution in [1.82, 2.24) is 5.32 Å². The smallest absolute Gasteiger partial charge is 0.325 e. The molecule has 2 aromatic rings. The van der Waals surface area contributed by atoms with Crippen molar-refractivity contribution in [1.29, 1.82) is 0 Å². The van der Waals surface area contributed by atoms with Gasteiger partial charge in [0.25, 0.3) is 5.91 Å². The standard InChI is InChI=1S/C22H26N2O6/c1-4-28-17-6-8-18(9-7-17)29-12-11-21(26)30-14-20(25)24-22(27)23-19-10-5-15(2)13-16(19)3/h5-10,13H,4,11-12,14H2,1-3H3,(H2,23,24,25,27). The number of ether oxygens (including phenoxy) is 3. The highest BCUT2D eigenvalue weighted by Gasteiger charge is 2.12. The molecule has 30 heavy (non-hydrogen) atoms. The first-order valence-electron chi connectivity index (χ1n) is 9.56. The lowest BCUT2D eigenvalue weighted by molar-refractivity contribution is -0.148.